The summed E-state index contributed by atoms with van der Waals surface area (Å²) >= 11 is 0. The molecule has 3 nitrogen and oxygen atoms in total. The van der Waals surface area contributed by atoms with Crippen molar-refractivity contribution >= 4 is 22.5 Å². The fourth-order valence-corrected chi connectivity index (χ4v) is 2.97. The molecular formula is C18H14N2O. The number of carbonyl (C=O) groups excluding carboxylic acids is 1. The monoisotopic (exact) mass is 274 g/mol. The standard InChI is InChI=1S/C18H14N2O/c21-18-19-15-11-10-12-6-4-5-9-14(12)16(15)17(20-18)13-7-2-1-3-8-13/h1-11,17H,(H2,19,20,21)/t17-/m1/s1. The van der Waals surface area contributed by atoms with Crippen LogP contribution in [0.5, 0.6) is 0 Å². The van der Waals surface area contributed by atoms with E-state index in [1.54, 1.807) is 0 Å². The summed E-state index contributed by atoms with van der Waals surface area (Å²) in [6.07, 6.45) is 0. The fourth-order valence-electron chi connectivity index (χ4n) is 2.97. The lowest BCUT2D eigenvalue weighted by atomic mass is 9.91. The lowest BCUT2D eigenvalue weighted by Gasteiger charge is -2.29. The number of amides is 2. The Morgan fingerprint density at radius 2 is 1.57 bits per heavy atom. The largest absolute Gasteiger partial charge is 0.327 e. The van der Waals surface area contributed by atoms with Crippen LogP contribution < -0.4 is 10.6 Å². The number of rotatable bonds is 1. The number of anilines is 1. The maximum Gasteiger partial charge on any atom is 0.320 e. The highest BCUT2D eigenvalue weighted by Gasteiger charge is 2.26. The number of urea groups is 1. The molecule has 3 aromatic rings. The molecule has 0 bridgehead atoms. The quantitative estimate of drug-likeness (QED) is 0.690. The number of carbonyl (C=O) groups is 1. The van der Waals surface area contributed by atoms with E-state index in [1.165, 1.54) is 5.39 Å². The first-order chi connectivity index (χ1) is 10.3. The van der Waals surface area contributed by atoms with Gasteiger partial charge >= 0.3 is 6.03 Å². The van der Waals surface area contributed by atoms with Crippen molar-refractivity contribution in [3.05, 3.63) is 77.9 Å². The molecule has 0 radical (unpaired) electrons. The SMILES string of the molecule is O=C1Nc2ccc3ccccc3c2[C@@H](c2ccccc2)N1. The summed E-state index contributed by atoms with van der Waals surface area (Å²) in [5, 5.41) is 8.27. The molecule has 1 aliphatic heterocycles. The molecule has 0 unspecified atom stereocenters. The topological polar surface area (TPSA) is 41.1 Å². The van der Waals surface area contributed by atoms with Crippen molar-refractivity contribution in [2.75, 3.05) is 5.32 Å². The van der Waals surface area contributed by atoms with E-state index in [1.807, 2.05) is 54.6 Å². The normalized spacial score (nSPS) is 17.0. The smallest absolute Gasteiger partial charge is 0.320 e. The van der Waals surface area contributed by atoms with Crippen molar-refractivity contribution < 1.29 is 4.79 Å². The van der Waals surface area contributed by atoms with Crippen LogP contribution in [-0.2, 0) is 0 Å². The van der Waals surface area contributed by atoms with Gasteiger partial charge in [0, 0.05) is 11.3 Å². The van der Waals surface area contributed by atoms with Gasteiger partial charge in [0.1, 0.15) is 0 Å². The Balaban J connectivity index is 2.00. The number of fused-ring (bicyclic) bond motifs is 3. The van der Waals surface area contributed by atoms with Crippen LogP contribution in [-0.4, -0.2) is 6.03 Å². The van der Waals surface area contributed by atoms with Crippen LogP contribution in [0.2, 0.25) is 0 Å². The first kappa shape index (κ1) is 12.0. The van der Waals surface area contributed by atoms with Crippen molar-refractivity contribution in [2.24, 2.45) is 0 Å². The zero-order valence-corrected chi connectivity index (χ0v) is 11.3. The van der Waals surface area contributed by atoms with Crippen LogP contribution in [0.25, 0.3) is 10.8 Å². The summed E-state index contributed by atoms with van der Waals surface area (Å²) in [7, 11) is 0. The van der Waals surface area contributed by atoms with E-state index in [0.717, 1.165) is 22.2 Å². The third-order valence-corrected chi connectivity index (χ3v) is 3.92. The first-order valence-corrected chi connectivity index (χ1v) is 6.97. The average molecular weight is 274 g/mol. The van der Waals surface area contributed by atoms with Crippen molar-refractivity contribution in [2.45, 2.75) is 6.04 Å². The maximum absolute atomic E-state index is 11.9. The zero-order valence-electron chi connectivity index (χ0n) is 11.3. The van der Waals surface area contributed by atoms with E-state index in [0.29, 0.717) is 0 Å². The molecule has 1 atom stereocenters. The van der Waals surface area contributed by atoms with Gasteiger partial charge in [-0.3, -0.25) is 0 Å². The van der Waals surface area contributed by atoms with E-state index in [2.05, 4.69) is 22.8 Å². The third kappa shape index (κ3) is 1.94. The predicted molar refractivity (Wildman–Crippen MR) is 84.4 cm³/mol. The van der Waals surface area contributed by atoms with E-state index < -0.39 is 0 Å². The maximum atomic E-state index is 11.9. The Hall–Kier alpha value is -2.81. The molecule has 3 heteroatoms. The molecule has 4 rings (SSSR count). The summed E-state index contributed by atoms with van der Waals surface area (Å²) in [6, 6.07) is 22.0. The molecule has 1 aliphatic rings. The van der Waals surface area contributed by atoms with E-state index in [4.69, 9.17) is 0 Å². The molecule has 3 aromatic carbocycles. The highest BCUT2D eigenvalue weighted by atomic mass is 16.2. The predicted octanol–water partition coefficient (Wildman–Crippen LogP) is 4.06. The van der Waals surface area contributed by atoms with Crippen molar-refractivity contribution in [3.8, 4) is 0 Å². The third-order valence-electron chi connectivity index (χ3n) is 3.92. The van der Waals surface area contributed by atoms with Crippen molar-refractivity contribution in [1.82, 2.24) is 5.32 Å². The minimum absolute atomic E-state index is 0.124. The Kier molecular flexibility index (Phi) is 2.64. The highest BCUT2D eigenvalue weighted by molar-refractivity contribution is 6.00. The second kappa shape index (κ2) is 4.63. The summed E-state index contributed by atoms with van der Waals surface area (Å²) in [4.78, 5) is 11.9. The lowest BCUT2D eigenvalue weighted by molar-refractivity contribution is 0.249. The molecule has 0 aliphatic carbocycles. The van der Waals surface area contributed by atoms with Crippen LogP contribution >= 0.6 is 0 Å². The van der Waals surface area contributed by atoms with Crippen LogP contribution in [0.1, 0.15) is 17.2 Å². The van der Waals surface area contributed by atoms with Gasteiger partial charge < -0.3 is 10.6 Å². The molecule has 102 valence electrons. The number of hydrogen-bond donors (Lipinski definition) is 2. The van der Waals surface area contributed by atoms with Crippen molar-refractivity contribution in [1.29, 1.82) is 0 Å². The average Bonchev–Trinajstić information content (AvgIpc) is 2.54. The summed E-state index contributed by atoms with van der Waals surface area (Å²) in [5.74, 6) is 0. The minimum atomic E-state index is -0.161. The molecule has 0 saturated heterocycles. The molecule has 1 heterocycles. The van der Waals surface area contributed by atoms with Crippen molar-refractivity contribution in [3.63, 3.8) is 0 Å². The Bertz CT molecular complexity index is 827. The molecule has 0 saturated carbocycles. The Morgan fingerprint density at radius 1 is 0.810 bits per heavy atom. The van der Waals surface area contributed by atoms with Crippen LogP contribution in [0.3, 0.4) is 0 Å². The minimum Gasteiger partial charge on any atom is -0.327 e. The molecule has 2 amide bonds. The van der Waals surface area contributed by atoms with Crippen LogP contribution in [0.4, 0.5) is 10.5 Å². The van der Waals surface area contributed by atoms with Gasteiger partial charge in [-0.15, -0.1) is 0 Å². The molecular weight excluding hydrogens is 260 g/mol. The van der Waals surface area contributed by atoms with Gasteiger partial charge in [0.05, 0.1) is 6.04 Å². The second-order valence-electron chi connectivity index (χ2n) is 5.19. The van der Waals surface area contributed by atoms with Crippen LogP contribution in [0, 0.1) is 0 Å². The number of nitrogens with one attached hydrogen (secondary N) is 2. The van der Waals surface area contributed by atoms with E-state index in [-0.39, 0.29) is 12.1 Å². The first-order valence-electron chi connectivity index (χ1n) is 6.97. The van der Waals surface area contributed by atoms with Crippen LogP contribution in [0.15, 0.2) is 66.7 Å². The molecule has 2 N–H and O–H groups in total. The van der Waals surface area contributed by atoms with Gasteiger partial charge in [-0.25, -0.2) is 4.79 Å². The lowest BCUT2D eigenvalue weighted by Crippen LogP contribution is -2.38. The van der Waals surface area contributed by atoms with Gasteiger partial charge in [-0.05, 0) is 22.4 Å². The summed E-state index contributed by atoms with van der Waals surface area (Å²) in [6.45, 7) is 0. The molecule has 0 fully saturated rings. The van der Waals surface area contributed by atoms with Gasteiger partial charge in [0.25, 0.3) is 0 Å². The van der Waals surface area contributed by atoms with E-state index in [9.17, 15) is 4.79 Å². The number of hydrogen-bond acceptors (Lipinski definition) is 1. The van der Waals surface area contributed by atoms with Gasteiger partial charge in [-0.2, -0.15) is 0 Å². The zero-order chi connectivity index (χ0) is 14.2. The van der Waals surface area contributed by atoms with Gasteiger partial charge in [-0.1, -0.05) is 60.7 Å². The summed E-state index contributed by atoms with van der Waals surface area (Å²) < 4.78 is 0. The number of benzene rings is 3. The summed E-state index contributed by atoms with van der Waals surface area (Å²) in [5.41, 5.74) is 3.09. The van der Waals surface area contributed by atoms with Gasteiger partial charge in [0.15, 0.2) is 0 Å². The fraction of sp³-hybridized carbons (Fsp3) is 0.0556. The molecule has 21 heavy (non-hydrogen) atoms. The Morgan fingerprint density at radius 3 is 2.43 bits per heavy atom. The van der Waals surface area contributed by atoms with E-state index >= 15 is 0 Å². The highest BCUT2D eigenvalue weighted by Crippen LogP contribution is 2.37. The molecule has 0 spiro atoms. The second-order valence-corrected chi connectivity index (χ2v) is 5.19. The Labute approximate surface area is 122 Å². The molecule has 0 aromatic heterocycles. The van der Waals surface area contributed by atoms with Gasteiger partial charge in [0.2, 0.25) is 0 Å².